The third-order valence-electron chi connectivity index (χ3n) is 2.09. The number of hydrogen-bond donors (Lipinski definition) is 1. The van der Waals surface area contributed by atoms with Crippen molar-refractivity contribution in [2.24, 2.45) is 0 Å². The summed E-state index contributed by atoms with van der Waals surface area (Å²) in [6.45, 7) is 10.4. The molecule has 0 saturated carbocycles. The van der Waals surface area contributed by atoms with Crippen LogP contribution in [0.4, 0.5) is 0 Å². The molecule has 15 heavy (non-hydrogen) atoms. The highest BCUT2D eigenvalue weighted by molar-refractivity contribution is 5.44. The van der Waals surface area contributed by atoms with Crippen molar-refractivity contribution < 1.29 is 0 Å². The first-order chi connectivity index (χ1) is 7.03. The summed E-state index contributed by atoms with van der Waals surface area (Å²) in [6.07, 6.45) is 6.07. The summed E-state index contributed by atoms with van der Waals surface area (Å²) in [4.78, 5) is 0. The zero-order valence-electron chi connectivity index (χ0n) is 10.1. The second kappa shape index (κ2) is 5.12. The van der Waals surface area contributed by atoms with Gasteiger partial charge in [0.1, 0.15) is 0 Å². The van der Waals surface area contributed by atoms with Gasteiger partial charge in [0.2, 0.25) is 0 Å². The van der Waals surface area contributed by atoms with Gasteiger partial charge in [-0.2, -0.15) is 5.10 Å². The van der Waals surface area contributed by atoms with E-state index < -0.39 is 0 Å². The van der Waals surface area contributed by atoms with Crippen molar-refractivity contribution in [3.8, 4) is 0 Å². The van der Waals surface area contributed by atoms with Crippen LogP contribution in [0.3, 0.4) is 0 Å². The Hall–Kier alpha value is -1.09. The molecule has 3 nitrogen and oxygen atoms in total. The fourth-order valence-electron chi connectivity index (χ4n) is 1.29. The van der Waals surface area contributed by atoms with Gasteiger partial charge in [0.15, 0.2) is 0 Å². The molecule has 0 bridgehead atoms. The molecule has 84 valence electrons. The van der Waals surface area contributed by atoms with E-state index >= 15 is 0 Å². The number of hydrogen-bond acceptors (Lipinski definition) is 2. The first kappa shape index (κ1) is 12.0. The molecular formula is C12H21N3. The van der Waals surface area contributed by atoms with Gasteiger partial charge in [0, 0.05) is 24.8 Å². The van der Waals surface area contributed by atoms with Crippen LogP contribution in [0.5, 0.6) is 0 Å². The van der Waals surface area contributed by atoms with E-state index in [0.29, 0.717) is 0 Å². The molecule has 1 heterocycles. The minimum Gasteiger partial charge on any atom is -0.309 e. The average Bonchev–Trinajstić information content (AvgIpc) is 2.58. The minimum absolute atomic E-state index is 0.176. The van der Waals surface area contributed by atoms with Crippen LogP contribution >= 0.6 is 0 Å². The van der Waals surface area contributed by atoms with Crippen molar-refractivity contribution in [3.63, 3.8) is 0 Å². The molecule has 0 radical (unpaired) electrons. The van der Waals surface area contributed by atoms with Crippen molar-refractivity contribution in [2.75, 3.05) is 6.54 Å². The van der Waals surface area contributed by atoms with Crippen molar-refractivity contribution in [3.05, 3.63) is 24.0 Å². The van der Waals surface area contributed by atoms with Crippen LogP contribution in [0.2, 0.25) is 0 Å². The Bertz CT molecular complexity index is 318. The zero-order valence-corrected chi connectivity index (χ0v) is 10.1. The van der Waals surface area contributed by atoms with Crippen LogP contribution in [0.25, 0.3) is 6.08 Å². The second-order valence-corrected chi connectivity index (χ2v) is 4.61. The fraction of sp³-hybridized carbons (Fsp3) is 0.583. The minimum atomic E-state index is 0.176. The Kier molecular flexibility index (Phi) is 4.09. The molecule has 0 atom stereocenters. The van der Waals surface area contributed by atoms with Crippen LogP contribution in [0.15, 0.2) is 18.3 Å². The molecule has 1 aromatic rings. The van der Waals surface area contributed by atoms with Gasteiger partial charge in [-0.15, -0.1) is 0 Å². The maximum absolute atomic E-state index is 4.21. The van der Waals surface area contributed by atoms with Gasteiger partial charge in [-0.25, -0.2) is 0 Å². The lowest BCUT2D eigenvalue weighted by atomic mass is 10.1. The van der Waals surface area contributed by atoms with E-state index in [4.69, 9.17) is 0 Å². The molecule has 0 fully saturated rings. The normalized spacial score (nSPS) is 12.5. The molecule has 0 aliphatic rings. The van der Waals surface area contributed by atoms with Gasteiger partial charge < -0.3 is 5.32 Å². The lowest BCUT2D eigenvalue weighted by Gasteiger charge is -2.18. The smallest absolute Gasteiger partial charge is 0.0607 e. The maximum Gasteiger partial charge on any atom is 0.0607 e. The van der Waals surface area contributed by atoms with Gasteiger partial charge in [0.25, 0.3) is 0 Å². The molecule has 0 unspecified atom stereocenters. The van der Waals surface area contributed by atoms with Crippen molar-refractivity contribution in [1.82, 2.24) is 15.1 Å². The van der Waals surface area contributed by atoms with Crippen LogP contribution in [0, 0.1) is 0 Å². The van der Waals surface area contributed by atoms with E-state index in [1.807, 2.05) is 16.9 Å². The molecule has 3 heteroatoms. The second-order valence-electron chi connectivity index (χ2n) is 4.61. The molecule has 1 aromatic heterocycles. The molecular weight excluding hydrogens is 186 g/mol. The molecule has 0 aliphatic carbocycles. The molecule has 1 N–H and O–H groups in total. The molecule has 0 amide bonds. The van der Waals surface area contributed by atoms with Crippen LogP contribution < -0.4 is 5.32 Å². The summed E-state index contributed by atoms with van der Waals surface area (Å²) in [5.74, 6) is 0. The molecule has 0 aliphatic heterocycles. The largest absolute Gasteiger partial charge is 0.309 e. The summed E-state index contributed by atoms with van der Waals surface area (Å²) in [5, 5.41) is 7.61. The summed E-state index contributed by atoms with van der Waals surface area (Å²) < 4.78 is 1.98. The van der Waals surface area contributed by atoms with Gasteiger partial charge >= 0.3 is 0 Å². The zero-order chi connectivity index (χ0) is 11.3. The molecule has 0 saturated heterocycles. The van der Waals surface area contributed by atoms with E-state index in [9.17, 15) is 0 Å². The lowest BCUT2D eigenvalue weighted by Crippen LogP contribution is -2.35. The van der Waals surface area contributed by atoms with E-state index in [-0.39, 0.29) is 5.54 Å². The summed E-state index contributed by atoms with van der Waals surface area (Å²) in [5.41, 5.74) is 1.34. The molecule has 1 rings (SSSR count). The summed E-state index contributed by atoms with van der Waals surface area (Å²) >= 11 is 0. The summed E-state index contributed by atoms with van der Waals surface area (Å²) in [6, 6.07) is 2.02. The van der Waals surface area contributed by atoms with E-state index in [0.717, 1.165) is 18.8 Å². The molecule has 0 spiro atoms. The maximum atomic E-state index is 4.21. The highest BCUT2D eigenvalue weighted by Gasteiger charge is 2.05. The summed E-state index contributed by atoms with van der Waals surface area (Å²) in [7, 11) is 0. The first-order valence-electron chi connectivity index (χ1n) is 5.46. The Labute approximate surface area is 92.2 Å². The highest BCUT2D eigenvalue weighted by Crippen LogP contribution is 2.02. The standard InChI is InChI=1S/C12H21N3/c1-5-15-11(8-10-14-15)7-6-9-13-12(2,3)4/h6-8,10,13H,5,9H2,1-4H3/b7-6+. The first-order valence-corrected chi connectivity index (χ1v) is 5.46. The van der Waals surface area contributed by atoms with Crippen molar-refractivity contribution in [1.29, 1.82) is 0 Å². The Morgan fingerprint density at radius 2 is 2.20 bits per heavy atom. The Balaban J connectivity index is 2.45. The average molecular weight is 207 g/mol. The van der Waals surface area contributed by atoms with Crippen molar-refractivity contribution in [2.45, 2.75) is 39.8 Å². The fourth-order valence-corrected chi connectivity index (χ4v) is 1.29. The number of nitrogens with zero attached hydrogens (tertiary/aromatic N) is 2. The topological polar surface area (TPSA) is 29.9 Å². The quantitative estimate of drug-likeness (QED) is 0.821. The number of aromatic nitrogens is 2. The number of rotatable bonds is 4. The Morgan fingerprint density at radius 3 is 2.80 bits per heavy atom. The highest BCUT2D eigenvalue weighted by atomic mass is 15.3. The third-order valence-corrected chi connectivity index (χ3v) is 2.09. The third kappa shape index (κ3) is 4.30. The van der Waals surface area contributed by atoms with E-state index in [1.165, 1.54) is 0 Å². The molecule has 0 aromatic carbocycles. The van der Waals surface area contributed by atoms with Gasteiger partial charge in [0.05, 0.1) is 5.69 Å². The van der Waals surface area contributed by atoms with Gasteiger partial charge in [-0.1, -0.05) is 6.08 Å². The van der Waals surface area contributed by atoms with Crippen LogP contribution in [0.1, 0.15) is 33.4 Å². The monoisotopic (exact) mass is 207 g/mol. The number of nitrogens with one attached hydrogen (secondary N) is 1. The Morgan fingerprint density at radius 1 is 1.47 bits per heavy atom. The van der Waals surface area contributed by atoms with E-state index in [1.54, 1.807) is 0 Å². The lowest BCUT2D eigenvalue weighted by molar-refractivity contribution is 0.450. The SMILES string of the molecule is CCn1nccc1/C=C/CNC(C)(C)C. The predicted molar refractivity (Wildman–Crippen MR) is 64.7 cm³/mol. The van der Waals surface area contributed by atoms with Crippen molar-refractivity contribution >= 4 is 6.08 Å². The van der Waals surface area contributed by atoms with Gasteiger partial charge in [-0.3, -0.25) is 4.68 Å². The van der Waals surface area contributed by atoms with Crippen LogP contribution in [-0.4, -0.2) is 21.9 Å². The predicted octanol–water partition coefficient (Wildman–Crippen LogP) is 2.30. The number of aryl methyl sites for hydroxylation is 1. The van der Waals surface area contributed by atoms with Gasteiger partial charge in [-0.05, 0) is 39.8 Å². The van der Waals surface area contributed by atoms with Crippen LogP contribution in [-0.2, 0) is 6.54 Å². The van der Waals surface area contributed by atoms with E-state index in [2.05, 4.69) is 50.3 Å².